The van der Waals surface area contributed by atoms with E-state index < -0.39 is 0 Å². The van der Waals surface area contributed by atoms with Crippen LogP contribution in [0.3, 0.4) is 0 Å². The van der Waals surface area contributed by atoms with Crippen LogP contribution < -0.4 is 0 Å². The number of hydrogen-bond acceptors (Lipinski definition) is 3. The van der Waals surface area contributed by atoms with Gasteiger partial charge in [0.1, 0.15) is 0 Å². The highest BCUT2D eigenvalue weighted by Gasteiger charge is 2.33. The average Bonchev–Trinajstić information content (AvgIpc) is 2.75. The number of benzene rings is 1. The van der Waals surface area contributed by atoms with Gasteiger partial charge in [0, 0.05) is 31.4 Å². The second-order valence-electron chi connectivity index (χ2n) is 8.47. The third-order valence-electron chi connectivity index (χ3n) is 6.35. The lowest BCUT2D eigenvalue weighted by Crippen LogP contribution is -2.43. The standard InChI is InChI=1S/C27H35N3O/c1-8-12-19(3)18-28(7)30-21(5)20(4)26(17-24(30)9-2)27(31)29-16-15-23-13-10-11-14-25(23)22(29)6/h8,10-14,17,22H,1,5,9,15-16,18H2,2-4,6-7H3/b19-12+/t22-/m1/s1. The van der Waals surface area contributed by atoms with Gasteiger partial charge in [-0.15, -0.1) is 0 Å². The molecule has 0 fully saturated rings. The number of likely N-dealkylation sites (N-methyl/N-ethyl adjacent to an activating group) is 1. The molecule has 0 saturated heterocycles. The molecule has 0 aromatic heterocycles. The van der Waals surface area contributed by atoms with E-state index in [2.05, 4.69) is 81.3 Å². The summed E-state index contributed by atoms with van der Waals surface area (Å²) < 4.78 is 0. The maximum atomic E-state index is 13.7. The molecule has 1 atom stereocenters. The molecule has 1 amide bonds. The molecule has 2 aliphatic rings. The topological polar surface area (TPSA) is 26.8 Å². The van der Waals surface area contributed by atoms with E-state index in [4.69, 9.17) is 0 Å². The van der Waals surface area contributed by atoms with Crippen LogP contribution in [-0.4, -0.2) is 41.0 Å². The molecule has 0 unspecified atom stereocenters. The van der Waals surface area contributed by atoms with Gasteiger partial charge in [-0.25, -0.2) is 5.01 Å². The summed E-state index contributed by atoms with van der Waals surface area (Å²) in [5.74, 6) is 0.0941. The van der Waals surface area contributed by atoms with Crippen molar-refractivity contribution in [1.82, 2.24) is 14.9 Å². The number of hydrazine groups is 1. The van der Waals surface area contributed by atoms with Crippen molar-refractivity contribution >= 4 is 5.91 Å². The minimum Gasteiger partial charge on any atom is -0.332 e. The second kappa shape index (κ2) is 9.52. The number of amides is 1. The van der Waals surface area contributed by atoms with Crippen molar-refractivity contribution in [3.63, 3.8) is 0 Å². The lowest BCUT2D eigenvalue weighted by molar-refractivity contribution is -0.129. The molecule has 0 aliphatic carbocycles. The summed E-state index contributed by atoms with van der Waals surface area (Å²) >= 11 is 0. The Bertz CT molecular complexity index is 982. The number of fused-ring (bicyclic) bond motifs is 1. The van der Waals surface area contributed by atoms with Crippen LogP contribution in [0.15, 0.2) is 83.8 Å². The summed E-state index contributed by atoms with van der Waals surface area (Å²) in [7, 11) is 2.05. The van der Waals surface area contributed by atoms with Gasteiger partial charge in [-0.05, 0) is 56.4 Å². The van der Waals surface area contributed by atoms with Gasteiger partial charge in [-0.2, -0.15) is 0 Å². The molecule has 0 bridgehead atoms. The molecule has 3 rings (SSSR count). The Labute approximate surface area is 187 Å². The molecule has 164 valence electrons. The molecule has 2 heterocycles. The number of carbonyl (C=O) groups excluding carboxylic acids is 1. The third kappa shape index (κ3) is 4.45. The molecule has 0 saturated carbocycles. The van der Waals surface area contributed by atoms with Gasteiger partial charge < -0.3 is 4.90 Å². The van der Waals surface area contributed by atoms with Gasteiger partial charge in [0.15, 0.2) is 0 Å². The summed E-state index contributed by atoms with van der Waals surface area (Å²) in [6.45, 7) is 18.0. The Balaban J connectivity index is 1.89. The van der Waals surface area contributed by atoms with E-state index in [0.717, 1.165) is 48.5 Å². The smallest absolute Gasteiger partial charge is 0.254 e. The van der Waals surface area contributed by atoms with Crippen LogP contribution in [0, 0.1) is 0 Å². The third-order valence-corrected chi connectivity index (χ3v) is 6.35. The van der Waals surface area contributed by atoms with E-state index in [0.29, 0.717) is 0 Å². The molecule has 2 aliphatic heterocycles. The predicted octanol–water partition coefficient (Wildman–Crippen LogP) is 5.55. The van der Waals surface area contributed by atoms with Crippen molar-refractivity contribution in [1.29, 1.82) is 0 Å². The van der Waals surface area contributed by atoms with E-state index in [1.807, 2.05) is 24.0 Å². The summed E-state index contributed by atoms with van der Waals surface area (Å²) in [5, 5.41) is 4.29. The zero-order valence-electron chi connectivity index (χ0n) is 19.6. The first-order chi connectivity index (χ1) is 14.8. The number of rotatable bonds is 6. The van der Waals surface area contributed by atoms with Gasteiger partial charge in [0.05, 0.1) is 11.7 Å². The molecular weight excluding hydrogens is 382 g/mol. The molecule has 1 aromatic carbocycles. The molecule has 1 aromatic rings. The Morgan fingerprint density at radius 1 is 1.32 bits per heavy atom. The maximum absolute atomic E-state index is 13.7. The summed E-state index contributed by atoms with van der Waals surface area (Å²) in [6.07, 6.45) is 7.60. The normalized spacial score (nSPS) is 19.5. The van der Waals surface area contributed by atoms with Gasteiger partial charge in [0.25, 0.3) is 5.91 Å². The SMILES string of the molecule is C=C/C=C(\C)CN(C)N1C(=C)C(C)=C(C(=O)N2CCc3ccccc3[C@H]2C)C=C1CC. The monoisotopic (exact) mass is 417 g/mol. The number of nitrogens with zero attached hydrogens (tertiary/aromatic N) is 3. The van der Waals surface area contributed by atoms with Gasteiger partial charge in [-0.3, -0.25) is 9.80 Å². The molecule has 31 heavy (non-hydrogen) atoms. The first-order valence-corrected chi connectivity index (χ1v) is 11.1. The van der Waals surface area contributed by atoms with Gasteiger partial charge >= 0.3 is 0 Å². The predicted molar refractivity (Wildman–Crippen MR) is 129 cm³/mol. The quantitative estimate of drug-likeness (QED) is 0.568. The fourth-order valence-corrected chi connectivity index (χ4v) is 4.61. The van der Waals surface area contributed by atoms with Crippen LogP contribution in [0.1, 0.15) is 51.3 Å². The van der Waals surface area contributed by atoms with Crippen LogP contribution in [0.5, 0.6) is 0 Å². The molecule has 0 radical (unpaired) electrons. The van der Waals surface area contributed by atoms with E-state index in [1.54, 1.807) is 0 Å². The van der Waals surface area contributed by atoms with Crippen LogP contribution in [0.4, 0.5) is 0 Å². The first kappa shape index (κ1) is 22.8. The zero-order chi connectivity index (χ0) is 22.7. The summed E-state index contributed by atoms with van der Waals surface area (Å²) in [5.41, 5.74) is 7.45. The highest BCUT2D eigenvalue weighted by atomic mass is 16.2. The maximum Gasteiger partial charge on any atom is 0.254 e. The number of hydrogen-bond donors (Lipinski definition) is 0. The van der Waals surface area contributed by atoms with Crippen molar-refractivity contribution < 1.29 is 4.79 Å². The Hall–Kier alpha value is -2.85. The first-order valence-electron chi connectivity index (χ1n) is 11.1. The fraction of sp³-hybridized carbons (Fsp3) is 0.370. The lowest BCUT2D eigenvalue weighted by Gasteiger charge is -2.41. The summed E-state index contributed by atoms with van der Waals surface area (Å²) in [4.78, 5) is 15.7. The molecule has 4 heteroatoms. The largest absolute Gasteiger partial charge is 0.332 e. The zero-order valence-corrected chi connectivity index (χ0v) is 19.6. The summed E-state index contributed by atoms with van der Waals surface area (Å²) in [6, 6.07) is 8.52. The van der Waals surface area contributed by atoms with Crippen molar-refractivity contribution in [2.75, 3.05) is 20.1 Å². The Kier molecular flexibility index (Phi) is 7.01. The highest BCUT2D eigenvalue weighted by Crippen LogP contribution is 2.35. The van der Waals surface area contributed by atoms with Crippen LogP contribution >= 0.6 is 0 Å². The minimum atomic E-state index is 0.0666. The van der Waals surface area contributed by atoms with Crippen LogP contribution in [-0.2, 0) is 11.2 Å². The molecule has 0 N–H and O–H groups in total. The van der Waals surface area contributed by atoms with E-state index in [-0.39, 0.29) is 11.9 Å². The number of allylic oxidation sites excluding steroid dienone is 4. The van der Waals surface area contributed by atoms with Crippen molar-refractivity contribution in [2.45, 2.75) is 46.6 Å². The van der Waals surface area contributed by atoms with Gasteiger partial charge in [-0.1, -0.05) is 62.1 Å². The molecule has 4 nitrogen and oxygen atoms in total. The molecule has 0 spiro atoms. The highest BCUT2D eigenvalue weighted by molar-refractivity contribution is 5.98. The van der Waals surface area contributed by atoms with Crippen LogP contribution in [0.2, 0.25) is 0 Å². The Morgan fingerprint density at radius 3 is 2.71 bits per heavy atom. The molecular formula is C27H35N3O. The van der Waals surface area contributed by atoms with Crippen molar-refractivity contribution in [2.24, 2.45) is 0 Å². The lowest BCUT2D eigenvalue weighted by atomic mass is 9.91. The fourth-order valence-electron chi connectivity index (χ4n) is 4.61. The van der Waals surface area contributed by atoms with E-state index in [1.165, 1.54) is 16.7 Å². The van der Waals surface area contributed by atoms with Gasteiger partial charge in [0.2, 0.25) is 0 Å². The van der Waals surface area contributed by atoms with E-state index >= 15 is 0 Å². The van der Waals surface area contributed by atoms with Crippen molar-refractivity contribution in [3.8, 4) is 0 Å². The van der Waals surface area contributed by atoms with Crippen LogP contribution in [0.25, 0.3) is 0 Å². The Morgan fingerprint density at radius 2 is 2.03 bits per heavy atom. The number of carbonyl (C=O) groups is 1. The van der Waals surface area contributed by atoms with Crippen molar-refractivity contribution in [3.05, 3.63) is 94.9 Å². The second-order valence-corrected chi connectivity index (χ2v) is 8.47. The van der Waals surface area contributed by atoms with E-state index in [9.17, 15) is 4.79 Å². The minimum absolute atomic E-state index is 0.0666. The average molecular weight is 418 g/mol.